The van der Waals surface area contributed by atoms with Crippen molar-refractivity contribution in [3.05, 3.63) is 29.8 Å². The van der Waals surface area contributed by atoms with E-state index in [-0.39, 0.29) is 36.7 Å². The fourth-order valence-corrected chi connectivity index (χ4v) is 3.21. The number of hydrogen-bond donors (Lipinski definition) is 0. The highest BCUT2D eigenvalue weighted by Crippen LogP contribution is 2.24. The smallest absolute Gasteiger partial charge is 0.254 e. The van der Waals surface area contributed by atoms with Gasteiger partial charge < -0.3 is 9.64 Å². The molecule has 128 valence electrons. The maximum Gasteiger partial charge on any atom is 0.254 e. The molecule has 3 amide bonds. The number of anilines is 1. The SMILES string of the molecule is CCN(C[C@@H]1CCCO1)C(=O)c1cccc(N2C(=O)CCC2=O)c1. The van der Waals surface area contributed by atoms with Crippen molar-refractivity contribution in [3.63, 3.8) is 0 Å². The van der Waals surface area contributed by atoms with Crippen molar-refractivity contribution in [2.75, 3.05) is 24.6 Å². The van der Waals surface area contributed by atoms with Gasteiger partial charge in [-0.3, -0.25) is 19.3 Å². The molecule has 6 heteroatoms. The van der Waals surface area contributed by atoms with Gasteiger partial charge >= 0.3 is 0 Å². The molecular formula is C18H22N2O4. The zero-order valence-corrected chi connectivity index (χ0v) is 13.9. The number of ether oxygens (including phenoxy) is 1. The van der Waals surface area contributed by atoms with E-state index in [0.717, 1.165) is 19.4 Å². The summed E-state index contributed by atoms with van der Waals surface area (Å²) in [5.41, 5.74) is 0.960. The third-order valence-corrected chi connectivity index (χ3v) is 4.52. The van der Waals surface area contributed by atoms with Crippen LogP contribution >= 0.6 is 0 Å². The van der Waals surface area contributed by atoms with Crippen molar-refractivity contribution in [1.82, 2.24) is 4.90 Å². The highest BCUT2D eigenvalue weighted by Gasteiger charge is 2.31. The van der Waals surface area contributed by atoms with Gasteiger partial charge in [0, 0.05) is 38.1 Å². The molecule has 2 saturated heterocycles. The van der Waals surface area contributed by atoms with Crippen LogP contribution in [0.4, 0.5) is 5.69 Å². The lowest BCUT2D eigenvalue weighted by atomic mass is 10.1. The molecule has 1 aromatic carbocycles. The van der Waals surface area contributed by atoms with Gasteiger partial charge in [0.2, 0.25) is 11.8 Å². The number of hydrogen-bond acceptors (Lipinski definition) is 4. The lowest BCUT2D eigenvalue weighted by molar-refractivity contribution is -0.121. The largest absolute Gasteiger partial charge is 0.376 e. The minimum Gasteiger partial charge on any atom is -0.376 e. The van der Waals surface area contributed by atoms with Gasteiger partial charge in [-0.2, -0.15) is 0 Å². The molecule has 0 aromatic heterocycles. The summed E-state index contributed by atoms with van der Waals surface area (Å²) in [7, 11) is 0. The van der Waals surface area contributed by atoms with Crippen molar-refractivity contribution in [2.24, 2.45) is 0 Å². The average Bonchev–Trinajstić information content (AvgIpc) is 3.22. The lowest BCUT2D eigenvalue weighted by Gasteiger charge is -2.24. The van der Waals surface area contributed by atoms with Crippen molar-refractivity contribution in [1.29, 1.82) is 0 Å². The Morgan fingerprint density at radius 3 is 2.67 bits per heavy atom. The van der Waals surface area contributed by atoms with E-state index in [9.17, 15) is 14.4 Å². The van der Waals surface area contributed by atoms with Gasteiger partial charge in [0.25, 0.3) is 5.91 Å². The molecule has 2 fully saturated rings. The first-order valence-corrected chi connectivity index (χ1v) is 8.47. The molecule has 1 aromatic rings. The molecule has 6 nitrogen and oxygen atoms in total. The number of rotatable bonds is 5. The van der Waals surface area contributed by atoms with Gasteiger partial charge in [-0.25, -0.2) is 0 Å². The van der Waals surface area contributed by atoms with E-state index in [2.05, 4.69) is 0 Å². The summed E-state index contributed by atoms with van der Waals surface area (Å²) < 4.78 is 5.61. The molecule has 0 unspecified atom stereocenters. The molecule has 0 N–H and O–H groups in total. The van der Waals surface area contributed by atoms with Crippen LogP contribution in [0, 0.1) is 0 Å². The monoisotopic (exact) mass is 330 g/mol. The van der Waals surface area contributed by atoms with Crippen LogP contribution in [-0.4, -0.2) is 48.4 Å². The minimum atomic E-state index is -0.212. The summed E-state index contributed by atoms with van der Waals surface area (Å²) >= 11 is 0. The Labute approximate surface area is 141 Å². The van der Waals surface area contributed by atoms with Crippen LogP contribution in [0.15, 0.2) is 24.3 Å². The Morgan fingerprint density at radius 1 is 1.29 bits per heavy atom. The van der Waals surface area contributed by atoms with Crippen molar-refractivity contribution < 1.29 is 19.1 Å². The maximum atomic E-state index is 12.8. The maximum absolute atomic E-state index is 12.8. The third-order valence-electron chi connectivity index (χ3n) is 4.52. The summed E-state index contributed by atoms with van der Waals surface area (Å²) in [4.78, 5) is 39.5. The number of likely N-dealkylation sites (N-methyl/N-ethyl adjacent to an activating group) is 1. The molecule has 0 radical (unpaired) electrons. The molecule has 2 aliphatic heterocycles. The lowest BCUT2D eigenvalue weighted by Crippen LogP contribution is -2.37. The first kappa shape index (κ1) is 16.6. The molecular weight excluding hydrogens is 308 g/mol. The van der Waals surface area contributed by atoms with E-state index < -0.39 is 0 Å². The minimum absolute atomic E-state index is 0.0961. The van der Waals surface area contributed by atoms with Crippen LogP contribution < -0.4 is 4.90 Å². The van der Waals surface area contributed by atoms with E-state index in [0.29, 0.717) is 24.3 Å². The zero-order chi connectivity index (χ0) is 17.1. The molecule has 0 aliphatic carbocycles. The number of carbonyl (C=O) groups is 3. The van der Waals surface area contributed by atoms with E-state index >= 15 is 0 Å². The topological polar surface area (TPSA) is 66.9 Å². The fourth-order valence-electron chi connectivity index (χ4n) is 3.21. The normalized spacial score (nSPS) is 20.7. The molecule has 0 spiro atoms. The molecule has 0 saturated carbocycles. The number of imide groups is 1. The highest BCUT2D eigenvalue weighted by molar-refractivity contribution is 6.20. The van der Waals surface area contributed by atoms with E-state index in [4.69, 9.17) is 4.74 Å². The van der Waals surface area contributed by atoms with Gasteiger partial charge in [-0.1, -0.05) is 6.07 Å². The molecule has 24 heavy (non-hydrogen) atoms. The average molecular weight is 330 g/mol. The number of carbonyl (C=O) groups excluding carboxylic acids is 3. The Balaban J connectivity index is 1.77. The van der Waals surface area contributed by atoms with E-state index in [1.165, 1.54) is 4.90 Å². The predicted molar refractivity (Wildman–Crippen MR) is 88.7 cm³/mol. The fraction of sp³-hybridized carbons (Fsp3) is 0.500. The van der Waals surface area contributed by atoms with Gasteiger partial charge in [0.1, 0.15) is 0 Å². The number of amides is 3. The molecule has 0 bridgehead atoms. The van der Waals surface area contributed by atoms with Gasteiger partial charge in [-0.15, -0.1) is 0 Å². The molecule has 1 atom stereocenters. The highest BCUT2D eigenvalue weighted by atomic mass is 16.5. The quantitative estimate of drug-likeness (QED) is 0.774. The van der Waals surface area contributed by atoms with E-state index in [1.807, 2.05) is 6.92 Å². The predicted octanol–water partition coefficient (Wildman–Crippen LogP) is 1.98. The Hall–Kier alpha value is -2.21. The Bertz CT molecular complexity index is 636. The van der Waals surface area contributed by atoms with Gasteiger partial charge in [0.05, 0.1) is 11.8 Å². The Kier molecular flexibility index (Phi) is 4.94. The second-order valence-corrected chi connectivity index (χ2v) is 6.15. The van der Waals surface area contributed by atoms with Crippen LogP contribution in [0.25, 0.3) is 0 Å². The van der Waals surface area contributed by atoms with Gasteiger partial charge in [0.15, 0.2) is 0 Å². The summed E-state index contributed by atoms with van der Waals surface area (Å²) in [6, 6.07) is 6.74. The molecule has 2 heterocycles. The van der Waals surface area contributed by atoms with Crippen LogP contribution in [0.3, 0.4) is 0 Å². The van der Waals surface area contributed by atoms with Crippen molar-refractivity contribution in [2.45, 2.75) is 38.7 Å². The zero-order valence-electron chi connectivity index (χ0n) is 13.9. The van der Waals surface area contributed by atoms with Crippen LogP contribution in [0.5, 0.6) is 0 Å². The van der Waals surface area contributed by atoms with E-state index in [1.54, 1.807) is 29.2 Å². The van der Waals surface area contributed by atoms with Crippen LogP contribution in [0.1, 0.15) is 43.0 Å². The Morgan fingerprint density at radius 2 is 2.04 bits per heavy atom. The molecule has 2 aliphatic rings. The summed E-state index contributed by atoms with van der Waals surface area (Å²) in [6.07, 6.45) is 2.57. The molecule has 3 rings (SSSR count). The first-order valence-electron chi connectivity index (χ1n) is 8.47. The van der Waals surface area contributed by atoms with Crippen LogP contribution in [-0.2, 0) is 14.3 Å². The summed E-state index contributed by atoms with van der Waals surface area (Å²) in [5.74, 6) is -0.526. The van der Waals surface area contributed by atoms with Crippen molar-refractivity contribution >= 4 is 23.4 Å². The number of nitrogens with zero attached hydrogens (tertiary/aromatic N) is 2. The first-order chi connectivity index (χ1) is 11.6. The standard InChI is InChI=1S/C18H22N2O4/c1-2-19(12-15-7-4-10-24-15)18(23)13-5-3-6-14(11-13)20-16(21)8-9-17(20)22/h3,5-6,11,15H,2,4,7-10,12H2,1H3/t15-/m0/s1. The summed E-state index contributed by atoms with van der Waals surface area (Å²) in [6.45, 7) is 3.85. The third kappa shape index (κ3) is 3.33. The van der Waals surface area contributed by atoms with Gasteiger partial charge in [-0.05, 0) is 38.0 Å². The number of benzene rings is 1. The van der Waals surface area contributed by atoms with Crippen molar-refractivity contribution in [3.8, 4) is 0 Å². The second kappa shape index (κ2) is 7.13. The second-order valence-electron chi connectivity index (χ2n) is 6.15. The summed E-state index contributed by atoms with van der Waals surface area (Å²) in [5, 5.41) is 0. The van der Waals surface area contributed by atoms with Crippen LogP contribution in [0.2, 0.25) is 0 Å².